The zero-order valence-corrected chi connectivity index (χ0v) is 7.07. The molecular formula is C7H11O2P. The number of hydrogen-bond acceptors (Lipinski definition) is 2. The molecule has 0 aliphatic carbocycles. The molecule has 0 saturated heterocycles. The third-order valence-electron chi connectivity index (χ3n) is 0.756. The zero-order valence-electron chi connectivity index (χ0n) is 5.66. The van der Waals surface area contributed by atoms with Crippen LogP contribution in [0.1, 0.15) is 0 Å². The molecule has 1 aromatic carbocycles. The van der Waals surface area contributed by atoms with Gasteiger partial charge in [-0.2, -0.15) is 9.90 Å². The molecule has 0 spiro atoms. The zero-order chi connectivity index (χ0) is 7.11. The Morgan fingerprint density at radius 1 is 1.10 bits per heavy atom. The molecule has 2 nitrogen and oxygen atoms in total. The molecule has 0 aliphatic heterocycles. The first kappa shape index (κ1) is 11.9. The highest BCUT2D eigenvalue weighted by molar-refractivity contribution is 6.92. The van der Waals surface area contributed by atoms with Crippen molar-refractivity contribution >= 4 is 16.7 Å². The number of carbonyl (C=O) groups is 1. The second kappa shape index (κ2) is 8.12. The van der Waals surface area contributed by atoms with Gasteiger partial charge in [-0.15, -0.1) is 0 Å². The molecule has 0 aromatic heterocycles. The molecule has 0 aliphatic rings. The summed E-state index contributed by atoms with van der Waals surface area (Å²) in [6.07, 6.45) is 0. The summed E-state index contributed by atoms with van der Waals surface area (Å²) < 4.78 is 0. The Kier molecular flexibility index (Phi) is 9.63. The summed E-state index contributed by atoms with van der Waals surface area (Å²) in [5.41, 5.74) is 0. The number of carbonyl (C=O) groups excluding carboxylic acids is 1. The minimum atomic E-state index is 0. The average Bonchev–Trinajstić information content (AvgIpc) is 1.94. The molecule has 0 saturated carbocycles. The fraction of sp³-hybridized carbons (Fsp3) is 0. The first-order valence-electron chi connectivity index (χ1n) is 2.42. The third-order valence-corrected chi connectivity index (χ3v) is 0.756. The van der Waals surface area contributed by atoms with Crippen LogP contribution in [-0.2, 0) is 4.79 Å². The number of phenolic OH excluding ortho intramolecular Hbond substituents is 1. The predicted octanol–water partition coefficient (Wildman–Crippen LogP) is 1.27. The third kappa shape index (κ3) is 5.26. The number of rotatable bonds is 0. The van der Waals surface area contributed by atoms with E-state index in [9.17, 15) is 0 Å². The SMILES string of the molecule is C=O.Oc1ccccc1.P. The van der Waals surface area contributed by atoms with Crippen LogP contribution in [0.2, 0.25) is 0 Å². The lowest BCUT2D eigenvalue weighted by molar-refractivity contribution is -0.0979. The summed E-state index contributed by atoms with van der Waals surface area (Å²) in [6.45, 7) is 2.00. The van der Waals surface area contributed by atoms with Gasteiger partial charge in [-0.25, -0.2) is 0 Å². The van der Waals surface area contributed by atoms with Crippen molar-refractivity contribution in [3.05, 3.63) is 30.3 Å². The lowest BCUT2D eigenvalue weighted by atomic mass is 10.3. The van der Waals surface area contributed by atoms with Crippen molar-refractivity contribution in [2.24, 2.45) is 0 Å². The van der Waals surface area contributed by atoms with Gasteiger partial charge in [0.1, 0.15) is 12.5 Å². The minimum absolute atomic E-state index is 0. The van der Waals surface area contributed by atoms with Crippen LogP contribution in [0, 0.1) is 0 Å². The first-order valence-corrected chi connectivity index (χ1v) is 2.42. The van der Waals surface area contributed by atoms with Gasteiger partial charge in [-0.1, -0.05) is 18.2 Å². The molecule has 0 fully saturated rings. The van der Waals surface area contributed by atoms with E-state index < -0.39 is 0 Å². The summed E-state index contributed by atoms with van der Waals surface area (Å²) in [7, 11) is 0. The normalized spacial score (nSPS) is 6.40. The molecule has 10 heavy (non-hydrogen) atoms. The quantitative estimate of drug-likeness (QED) is 0.577. The molecule has 1 atom stereocenters. The van der Waals surface area contributed by atoms with Gasteiger partial charge in [-0.05, 0) is 12.1 Å². The van der Waals surface area contributed by atoms with Gasteiger partial charge in [0.05, 0.1) is 0 Å². The van der Waals surface area contributed by atoms with E-state index in [4.69, 9.17) is 9.90 Å². The fourth-order valence-corrected chi connectivity index (χ4v) is 0.428. The van der Waals surface area contributed by atoms with Crippen LogP contribution in [0.25, 0.3) is 0 Å². The summed E-state index contributed by atoms with van der Waals surface area (Å²) in [4.78, 5) is 8.00. The van der Waals surface area contributed by atoms with Crippen molar-refractivity contribution in [1.29, 1.82) is 0 Å². The Morgan fingerprint density at radius 2 is 1.50 bits per heavy atom. The monoisotopic (exact) mass is 158 g/mol. The van der Waals surface area contributed by atoms with Crippen LogP contribution in [0.3, 0.4) is 0 Å². The van der Waals surface area contributed by atoms with E-state index in [1.54, 1.807) is 24.3 Å². The number of hydrogen-bond donors (Lipinski definition) is 1. The molecule has 0 bridgehead atoms. The highest BCUT2D eigenvalue weighted by Gasteiger charge is 1.74. The molecule has 0 heterocycles. The first-order chi connectivity index (χ1) is 4.39. The largest absolute Gasteiger partial charge is 0.508 e. The highest BCUT2D eigenvalue weighted by Crippen LogP contribution is 2.02. The highest BCUT2D eigenvalue weighted by atomic mass is 31.0. The van der Waals surface area contributed by atoms with Gasteiger partial charge < -0.3 is 9.90 Å². The van der Waals surface area contributed by atoms with Crippen molar-refractivity contribution in [3.63, 3.8) is 0 Å². The topological polar surface area (TPSA) is 37.3 Å². The lowest BCUT2D eigenvalue weighted by Crippen LogP contribution is -1.56. The Bertz CT molecular complexity index is 153. The molecule has 0 radical (unpaired) electrons. The van der Waals surface area contributed by atoms with E-state index in [2.05, 4.69) is 0 Å². The lowest BCUT2D eigenvalue weighted by Gasteiger charge is -1.82. The molecule has 1 rings (SSSR count). The number of para-hydroxylation sites is 1. The Labute approximate surface area is 63.5 Å². The molecule has 3 heteroatoms. The van der Waals surface area contributed by atoms with E-state index in [1.165, 1.54) is 0 Å². The van der Waals surface area contributed by atoms with Crippen LogP contribution < -0.4 is 0 Å². The molecule has 1 N–H and O–H groups in total. The van der Waals surface area contributed by atoms with Crippen molar-refractivity contribution in [1.82, 2.24) is 0 Å². The summed E-state index contributed by atoms with van der Waals surface area (Å²) >= 11 is 0. The van der Waals surface area contributed by atoms with E-state index >= 15 is 0 Å². The number of phenols is 1. The maximum atomic E-state index is 8.63. The van der Waals surface area contributed by atoms with Gasteiger partial charge in [0, 0.05) is 0 Å². The van der Waals surface area contributed by atoms with Crippen molar-refractivity contribution in [3.8, 4) is 5.75 Å². The van der Waals surface area contributed by atoms with Gasteiger partial charge in [0.25, 0.3) is 0 Å². The molecule has 56 valence electrons. The van der Waals surface area contributed by atoms with Crippen LogP contribution in [-0.4, -0.2) is 11.9 Å². The van der Waals surface area contributed by atoms with E-state index in [0.717, 1.165) is 0 Å². The maximum absolute atomic E-state index is 8.63. The Balaban J connectivity index is 0. The number of benzene rings is 1. The van der Waals surface area contributed by atoms with E-state index in [0.29, 0.717) is 5.75 Å². The van der Waals surface area contributed by atoms with Gasteiger partial charge in [0.2, 0.25) is 0 Å². The fourth-order valence-electron chi connectivity index (χ4n) is 0.428. The second-order valence-electron chi connectivity index (χ2n) is 1.34. The van der Waals surface area contributed by atoms with E-state index in [1.807, 2.05) is 12.9 Å². The van der Waals surface area contributed by atoms with E-state index in [-0.39, 0.29) is 9.90 Å². The average molecular weight is 158 g/mol. The smallest absolute Gasteiger partial charge is 0.115 e. The molecule has 1 unspecified atom stereocenters. The van der Waals surface area contributed by atoms with Crippen LogP contribution in [0.15, 0.2) is 30.3 Å². The predicted molar refractivity (Wildman–Crippen MR) is 46.3 cm³/mol. The molecule has 1 aromatic rings. The van der Waals surface area contributed by atoms with Crippen LogP contribution >= 0.6 is 9.90 Å². The second-order valence-corrected chi connectivity index (χ2v) is 1.34. The van der Waals surface area contributed by atoms with Crippen molar-refractivity contribution < 1.29 is 9.90 Å². The summed E-state index contributed by atoms with van der Waals surface area (Å²) in [6, 6.07) is 8.71. The number of aromatic hydroxyl groups is 1. The van der Waals surface area contributed by atoms with Crippen LogP contribution in [0.5, 0.6) is 5.75 Å². The van der Waals surface area contributed by atoms with Crippen molar-refractivity contribution in [2.75, 3.05) is 0 Å². The molecule has 0 amide bonds. The van der Waals surface area contributed by atoms with Gasteiger partial charge >= 0.3 is 0 Å². The van der Waals surface area contributed by atoms with Crippen molar-refractivity contribution in [2.45, 2.75) is 0 Å². The summed E-state index contributed by atoms with van der Waals surface area (Å²) in [5, 5.41) is 8.63. The Hall–Kier alpha value is -0.880. The Morgan fingerprint density at radius 3 is 1.70 bits per heavy atom. The maximum Gasteiger partial charge on any atom is 0.115 e. The van der Waals surface area contributed by atoms with Gasteiger partial charge in [-0.3, -0.25) is 0 Å². The standard InChI is InChI=1S/C6H6O.CH2O.H3P/c7-6-4-2-1-3-5-6;1-2;/h1-5,7H;1H2;1H3. The van der Waals surface area contributed by atoms with Crippen LogP contribution in [0.4, 0.5) is 0 Å². The molecular weight excluding hydrogens is 147 g/mol. The minimum Gasteiger partial charge on any atom is -0.508 e. The van der Waals surface area contributed by atoms with Gasteiger partial charge in [0.15, 0.2) is 0 Å². The summed E-state index contributed by atoms with van der Waals surface area (Å²) in [5.74, 6) is 0.322.